The van der Waals surface area contributed by atoms with Crippen LogP contribution in [0.4, 0.5) is 18.0 Å². The van der Waals surface area contributed by atoms with Crippen LogP contribution in [0.3, 0.4) is 0 Å². The van der Waals surface area contributed by atoms with Crippen molar-refractivity contribution in [1.82, 2.24) is 15.6 Å². The number of alkyl carbamates (subject to hydrolysis) is 1. The summed E-state index contributed by atoms with van der Waals surface area (Å²) >= 11 is 11.5. The number of carbonyl (C=O) groups is 2. The first kappa shape index (κ1) is 20.2. The van der Waals surface area contributed by atoms with Gasteiger partial charge in [-0.1, -0.05) is 35.3 Å². The van der Waals surface area contributed by atoms with Gasteiger partial charge in [0.05, 0.1) is 23.3 Å². The number of hydrogen-bond donors (Lipinski definition) is 2. The highest BCUT2D eigenvalue weighted by Crippen LogP contribution is 2.34. The van der Waals surface area contributed by atoms with Gasteiger partial charge in [-0.3, -0.25) is 4.79 Å². The Morgan fingerprint density at radius 1 is 1.21 bits per heavy atom. The number of rotatable bonds is 4. The zero-order chi connectivity index (χ0) is 20.5. The topological polar surface area (TPSA) is 80.3 Å². The van der Waals surface area contributed by atoms with Gasteiger partial charge >= 0.3 is 12.3 Å². The minimum Gasteiger partial charge on any atom is -0.434 e. The van der Waals surface area contributed by atoms with Gasteiger partial charge in [-0.2, -0.15) is 13.2 Å². The molecule has 1 fully saturated rings. The van der Waals surface area contributed by atoms with Crippen LogP contribution < -0.4 is 10.6 Å². The highest BCUT2D eigenvalue weighted by molar-refractivity contribution is 6.31. The van der Waals surface area contributed by atoms with Crippen molar-refractivity contribution in [2.24, 2.45) is 0 Å². The second kappa shape index (κ2) is 7.84. The van der Waals surface area contributed by atoms with Gasteiger partial charge in [-0.05, 0) is 29.8 Å². The molecule has 11 heteroatoms. The fraction of sp³-hybridized carbons (Fsp3) is 0.235. The first-order valence-corrected chi connectivity index (χ1v) is 8.64. The van der Waals surface area contributed by atoms with Crippen LogP contribution in [0.2, 0.25) is 10.0 Å². The van der Waals surface area contributed by atoms with Gasteiger partial charge in [0.15, 0.2) is 11.8 Å². The fourth-order valence-electron chi connectivity index (χ4n) is 2.57. The lowest BCUT2D eigenvalue weighted by atomic mass is 10.0. The minimum absolute atomic E-state index is 0.0557. The quantitative estimate of drug-likeness (QED) is 0.769. The first-order chi connectivity index (χ1) is 13.1. The van der Waals surface area contributed by atoms with Crippen LogP contribution in [-0.4, -0.2) is 29.6 Å². The zero-order valence-corrected chi connectivity index (χ0v) is 15.4. The number of pyridine rings is 1. The smallest absolute Gasteiger partial charge is 0.434 e. The molecule has 0 saturated carbocycles. The number of carbonyl (C=O) groups excluding carboxylic acids is 2. The molecule has 148 valence electrons. The molecule has 1 aliphatic heterocycles. The normalized spacial score (nSPS) is 17.6. The van der Waals surface area contributed by atoms with E-state index in [1.54, 1.807) is 0 Å². The van der Waals surface area contributed by atoms with E-state index in [-0.39, 0.29) is 12.2 Å². The van der Waals surface area contributed by atoms with Gasteiger partial charge in [0, 0.05) is 5.02 Å². The molecule has 2 amide bonds. The lowest BCUT2D eigenvalue weighted by molar-refractivity contribution is -0.141. The third kappa shape index (κ3) is 4.48. The SMILES string of the molecule is O=C1NCC(C(=O)N[C@H](c2ccc(Cl)cc2)c2ccc(Cl)c(C(F)(F)F)n2)O1. The summed E-state index contributed by atoms with van der Waals surface area (Å²) in [6, 6.07) is 7.39. The molecule has 1 aromatic carbocycles. The van der Waals surface area contributed by atoms with Crippen LogP contribution in [-0.2, 0) is 15.7 Å². The molecule has 0 spiro atoms. The number of cyclic esters (lactones) is 1. The maximum absolute atomic E-state index is 13.2. The van der Waals surface area contributed by atoms with Crippen molar-refractivity contribution in [2.75, 3.05) is 6.54 Å². The average Bonchev–Trinajstić information content (AvgIpc) is 3.07. The zero-order valence-electron chi connectivity index (χ0n) is 13.9. The second-order valence-electron chi connectivity index (χ2n) is 5.83. The molecule has 1 aromatic heterocycles. The Labute approximate surface area is 167 Å². The number of aromatic nitrogens is 1. The fourth-order valence-corrected chi connectivity index (χ4v) is 2.91. The van der Waals surface area contributed by atoms with Crippen LogP contribution in [0.1, 0.15) is 23.0 Å². The predicted molar refractivity (Wildman–Crippen MR) is 94.0 cm³/mol. The van der Waals surface area contributed by atoms with E-state index < -0.39 is 41.0 Å². The maximum Gasteiger partial charge on any atom is 0.434 e. The summed E-state index contributed by atoms with van der Waals surface area (Å²) in [5.74, 6) is -0.691. The van der Waals surface area contributed by atoms with Crippen molar-refractivity contribution in [3.63, 3.8) is 0 Å². The summed E-state index contributed by atoms with van der Waals surface area (Å²) in [6.45, 7) is -0.0557. The maximum atomic E-state index is 13.2. The van der Waals surface area contributed by atoms with E-state index in [9.17, 15) is 22.8 Å². The number of ether oxygens (including phenoxy) is 1. The van der Waals surface area contributed by atoms with Crippen LogP contribution in [0.15, 0.2) is 36.4 Å². The number of hydrogen-bond acceptors (Lipinski definition) is 4. The van der Waals surface area contributed by atoms with Crippen molar-refractivity contribution in [2.45, 2.75) is 18.3 Å². The van der Waals surface area contributed by atoms with E-state index in [4.69, 9.17) is 27.9 Å². The Morgan fingerprint density at radius 2 is 1.89 bits per heavy atom. The molecule has 3 rings (SSSR count). The Kier molecular flexibility index (Phi) is 5.66. The van der Waals surface area contributed by atoms with Crippen molar-refractivity contribution in [3.05, 3.63) is 63.4 Å². The van der Waals surface area contributed by atoms with E-state index >= 15 is 0 Å². The molecule has 2 heterocycles. The van der Waals surface area contributed by atoms with Gasteiger partial charge in [0.1, 0.15) is 0 Å². The molecule has 2 atom stereocenters. The van der Waals surface area contributed by atoms with Crippen molar-refractivity contribution >= 4 is 35.2 Å². The van der Waals surface area contributed by atoms with Gasteiger partial charge < -0.3 is 15.4 Å². The Morgan fingerprint density at radius 3 is 2.46 bits per heavy atom. The van der Waals surface area contributed by atoms with Crippen LogP contribution in [0.25, 0.3) is 0 Å². The number of nitrogens with one attached hydrogen (secondary N) is 2. The molecule has 0 bridgehead atoms. The molecule has 0 radical (unpaired) electrons. The molecule has 1 saturated heterocycles. The monoisotopic (exact) mass is 433 g/mol. The third-order valence-corrected chi connectivity index (χ3v) is 4.45. The van der Waals surface area contributed by atoms with E-state index in [1.165, 1.54) is 30.3 Å². The molecule has 2 N–H and O–H groups in total. The molecule has 2 aromatic rings. The van der Waals surface area contributed by atoms with Crippen molar-refractivity contribution in [3.8, 4) is 0 Å². The predicted octanol–water partition coefficient (Wildman–Crippen LogP) is 3.72. The number of benzene rings is 1. The van der Waals surface area contributed by atoms with E-state index in [2.05, 4.69) is 15.6 Å². The van der Waals surface area contributed by atoms with Gasteiger partial charge in [-0.15, -0.1) is 0 Å². The summed E-state index contributed by atoms with van der Waals surface area (Å²) in [6.07, 6.45) is -6.64. The summed E-state index contributed by atoms with van der Waals surface area (Å²) in [7, 11) is 0. The highest BCUT2D eigenvalue weighted by Gasteiger charge is 2.37. The standard InChI is InChI=1S/C17H12Cl2F3N3O3/c18-9-3-1-8(2-4-9)13(25-15(26)12-7-23-16(27)28-12)11-6-5-10(19)14(24-11)17(20,21)22/h1-6,12-13H,7H2,(H,23,27)(H,25,26)/t12?,13-/m1/s1. The van der Waals surface area contributed by atoms with Crippen molar-refractivity contribution in [1.29, 1.82) is 0 Å². The summed E-state index contributed by atoms with van der Waals surface area (Å²) in [5, 5.41) is 4.73. The summed E-state index contributed by atoms with van der Waals surface area (Å²) < 4.78 is 44.4. The number of alkyl halides is 3. The summed E-state index contributed by atoms with van der Waals surface area (Å²) in [4.78, 5) is 27.2. The van der Waals surface area contributed by atoms with E-state index in [0.29, 0.717) is 10.6 Å². The van der Waals surface area contributed by atoms with E-state index in [1.807, 2.05) is 0 Å². The minimum atomic E-state index is -4.77. The van der Waals surface area contributed by atoms with Gasteiger partial charge in [-0.25, -0.2) is 9.78 Å². The van der Waals surface area contributed by atoms with Crippen LogP contribution in [0.5, 0.6) is 0 Å². The number of halogens is 5. The molecule has 1 aliphatic rings. The Balaban J connectivity index is 1.98. The van der Waals surface area contributed by atoms with Gasteiger partial charge in [0.25, 0.3) is 5.91 Å². The lowest BCUT2D eigenvalue weighted by Crippen LogP contribution is -2.39. The lowest BCUT2D eigenvalue weighted by Gasteiger charge is -2.21. The highest BCUT2D eigenvalue weighted by atomic mass is 35.5. The van der Waals surface area contributed by atoms with Crippen LogP contribution >= 0.6 is 23.2 Å². The van der Waals surface area contributed by atoms with E-state index in [0.717, 1.165) is 6.07 Å². The average molecular weight is 434 g/mol. The Bertz CT molecular complexity index is 907. The molecular weight excluding hydrogens is 422 g/mol. The number of amides is 2. The van der Waals surface area contributed by atoms with Gasteiger partial charge in [0.2, 0.25) is 0 Å². The second-order valence-corrected chi connectivity index (χ2v) is 6.68. The summed E-state index contributed by atoms with van der Waals surface area (Å²) in [5.41, 5.74) is -0.934. The van der Waals surface area contributed by atoms with Crippen molar-refractivity contribution < 1.29 is 27.5 Å². The number of nitrogens with zero attached hydrogens (tertiary/aromatic N) is 1. The molecule has 28 heavy (non-hydrogen) atoms. The largest absolute Gasteiger partial charge is 0.434 e. The molecule has 1 unspecified atom stereocenters. The third-order valence-electron chi connectivity index (χ3n) is 3.90. The first-order valence-electron chi connectivity index (χ1n) is 7.89. The molecule has 6 nitrogen and oxygen atoms in total. The molecular formula is C17H12Cl2F3N3O3. The Hall–Kier alpha value is -2.52. The van der Waals surface area contributed by atoms with Crippen LogP contribution in [0, 0.1) is 0 Å². The molecule has 0 aliphatic carbocycles.